The summed E-state index contributed by atoms with van der Waals surface area (Å²) in [6, 6.07) is 16.6. The maximum absolute atomic E-state index is 4.36. The minimum atomic E-state index is 0.746. The number of fused-ring (bicyclic) bond motifs is 3. The lowest BCUT2D eigenvalue weighted by Gasteiger charge is -2.02. The van der Waals surface area contributed by atoms with E-state index in [-0.39, 0.29) is 0 Å². The molecule has 0 aliphatic heterocycles. The molecule has 0 atom stereocenters. The highest BCUT2D eigenvalue weighted by Gasteiger charge is 2.10. The van der Waals surface area contributed by atoms with Crippen LogP contribution in [0.3, 0.4) is 0 Å². The van der Waals surface area contributed by atoms with Gasteiger partial charge in [-0.15, -0.1) is 5.10 Å². The summed E-state index contributed by atoms with van der Waals surface area (Å²) in [4.78, 5) is 0. The van der Waals surface area contributed by atoms with Crippen LogP contribution in [0.1, 0.15) is 5.56 Å². The molecular weight excluding hydrogens is 248 g/mol. The highest BCUT2D eigenvalue weighted by Crippen LogP contribution is 2.24. The average Bonchev–Trinajstić information content (AvgIpc) is 3.05. The van der Waals surface area contributed by atoms with Crippen molar-refractivity contribution in [2.24, 2.45) is 7.05 Å². The zero-order valence-corrected chi connectivity index (χ0v) is 11.2. The first-order valence-electron chi connectivity index (χ1n) is 6.64. The molecule has 0 fully saturated rings. The molecule has 0 radical (unpaired) electrons. The van der Waals surface area contributed by atoms with Crippen molar-refractivity contribution >= 4 is 21.9 Å². The van der Waals surface area contributed by atoms with E-state index < -0.39 is 0 Å². The van der Waals surface area contributed by atoms with Gasteiger partial charge in [-0.05, 0) is 23.8 Å². The van der Waals surface area contributed by atoms with Gasteiger partial charge in [0.25, 0.3) is 0 Å². The Morgan fingerprint density at radius 1 is 0.950 bits per heavy atom. The van der Waals surface area contributed by atoms with Crippen molar-refractivity contribution < 1.29 is 0 Å². The zero-order chi connectivity index (χ0) is 13.5. The Hall–Kier alpha value is -2.62. The van der Waals surface area contributed by atoms with Crippen LogP contribution >= 0.6 is 0 Å². The van der Waals surface area contributed by atoms with Crippen LogP contribution in [-0.4, -0.2) is 19.6 Å². The van der Waals surface area contributed by atoms with Crippen LogP contribution in [-0.2, 0) is 13.6 Å². The van der Waals surface area contributed by atoms with E-state index in [1.807, 2.05) is 29.9 Å². The second-order valence-corrected chi connectivity index (χ2v) is 5.03. The molecule has 2 heterocycles. The zero-order valence-electron chi connectivity index (χ0n) is 11.2. The van der Waals surface area contributed by atoms with Crippen LogP contribution in [0.25, 0.3) is 21.9 Å². The third-order valence-corrected chi connectivity index (χ3v) is 3.72. The molecule has 0 aliphatic carbocycles. The molecule has 2 aromatic carbocycles. The van der Waals surface area contributed by atoms with Crippen LogP contribution in [0.4, 0.5) is 0 Å². The summed E-state index contributed by atoms with van der Waals surface area (Å²) in [5.74, 6) is 0. The maximum Gasteiger partial charge on any atom is 0.122 e. The average molecular weight is 262 g/mol. The van der Waals surface area contributed by atoms with Gasteiger partial charge in [0, 0.05) is 18.6 Å². The normalized spacial score (nSPS) is 11.4. The van der Waals surface area contributed by atoms with Gasteiger partial charge in [-0.25, -0.2) is 4.68 Å². The third-order valence-electron chi connectivity index (χ3n) is 3.72. The van der Waals surface area contributed by atoms with Crippen LogP contribution in [0.5, 0.6) is 0 Å². The number of rotatable bonds is 2. The Labute approximate surface area is 116 Å². The molecule has 0 N–H and O–H groups in total. The highest BCUT2D eigenvalue weighted by molar-refractivity contribution is 6.02. The van der Waals surface area contributed by atoms with E-state index in [4.69, 9.17) is 0 Å². The van der Waals surface area contributed by atoms with Gasteiger partial charge in [0.15, 0.2) is 0 Å². The lowest BCUT2D eigenvalue weighted by molar-refractivity contribution is 0.670. The van der Waals surface area contributed by atoms with E-state index in [0.29, 0.717) is 0 Å². The molecule has 4 rings (SSSR count). The number of nitrogens with zero attached hydrogens (tertiary/aromatic N) is 4. The Balaban J connectivity index is 1.87. The van der Waals surface area contributed by atoms with E-state index in [0.717, 1.165) is 23.0 Å². The molecule has 0 aliphatic rings. The summed E-state index contributed by atoms with van der Waals surface area (Å²) in [5, 5.41) is 9.82. The first kappa shape index (κ1) is 11.2. The molecule has 4 heteroatoms. The molecule has 2 aromatic heterocycles. The van der Waals surface area contributed by atoms with Crippen molar-refractivity contribution in [3.05, 3.63) is 60.3 Å². The maximum atomic E-state index is 4.36. The summed E-state index contributed by atoms with van der Waals surface area (Å²) in [5.41, 5.74) is 4.46. The first-order valence-corrected chi connectivity index (χ1v) is 6.64. The van der Waals surface area contributed by atoms with E-state index in [2.05, 4.69) is 51.4 Å². The predicted octanol–water partition coefficient (Wildman–Crippen LogP) is 2.97. The molecule has 0 amide bonds. The molecule has 20 heavy (non-hydrogen) atoms. The number of aromatic nitrogens is 4. The first-order chi connectivity index (χ1) is 9.83. The van der Waals surface area contributed by atoms with Gasteiger partial charge in [0.2, 0.25) is 0 Å². The van der Waals surface area contributed by atoms with E-state index >= 15 is 0 Å². The van der Waals surface area contributed by atoms with Gasteiger partial charge in [-0.2, -0.15) is 0 Å². The van der Waals surface area contributed by atoms with Crippen molar-refractivity contribution in [3.8, 4) is 0 Å². The second-order valence-electron chi connectivity index (χ2n) is 5.03. The minimum Gasteiger partial charge on any atom is -0.350 e. The van der Waals surface area contributed by atoms with Crippen molar-refractivity contribution in [1.29, 1.82) is 0 Å². The van der Waals surface area contributed by atoms with Crippen LogP contribution in [0, 0.1) is 0 Å². The van der Waals surface area contributed by atoms with E-state index in [1.165, 1.54) is 11.1 Å². The molecular formula is C16H14N4. The summed E-state index contributed by atoms with van der Waals surface area (Å²) in [7, 11) is 2.04. The summed E-state index contributed by atoms with van der Waals surface area (Å²) < 4.78 is 4.06. The molecule has 0 unspecified atom stereocenters. The Bertz CT molecular complexity index is 887. The van der Waals surface area contributed by atoms with Crippen molar-refractivity contribution in [2.75, 3.05) is 0 Å². The fraction of sp³-hybridized carbons (Fsp3) is 0.125. The molecule has 4 aromatic rings. The van der Waals surface area contributed by atoms with Crippen molar-refractivity contribution in [3.63, 3.8) is 0 Å². The van der Waals surface area contributed by atoms with Crippen LogP contribution < -0.4 is 0 Å². The van der Waals surface area contributed by atoms with Gasteiger partial charge in [0.1, 0.15) is 5.52 Å². The minimum absolute atomic E-state index is 0.746. The molecule has 4 nitrogen and oxygen atoms in total. The fourth-order valence-electron chi connectivity index (χ4n) is 2.66. The van der Waals surface area contributed by atoms with Gasteiger partial charge in [0.05, 0.1) is 17.6 Å². The summed E-state index contributed by atoms with van der Waals surface area (Å²) in [6.07, 6.45) is 2.06. The second kappa shape index (κ2) is 4.20. The smallest absolute Gasteiger partial charge is 0.122 e. The topological polar surface area (TPSA) is 35.6 Å². The molecule has 0 saturated carbocycles. The Morgan fingerprint density at radius 2 is 1.75 bits per heavy atom. The number of hydrogen-bond donors (Lipinski definition) is 0. The lowest BCUT2D eigenvalue weighted by Crippen LogP contribution is -2.01. The predicted molar refractivity (Wildman–Crippen MR) is 79.5 cm³/mol. The van der Waals surface area contributed by atoms with Crippen molar-refractivity contribution in [1.82, 2.24) is 19.6 Å². The highest BCUT2D eigenvalue weighted by atomic mass is 15.4. The number of hydrogen-bond acceptors (Lipinski definition) is 2. The van der Waals surface area contributed by atoms with E-state index in [1.54, 1.807) is 0 Å². The number of benzene rings is 2. The van der Waals surface area contributed by atoms with Crippen molar-refractivity contribution in [2.45, 2.75) is 6.54 Å². The molecule has 0 saturated heterocycles. The lowest BCUT2D eigenvalue weighted by atomic mass is 10.2. The molecule has 0 spiro atoms. The number of aryl methyl sites for hydroxylation is 1. The summed E-state index contributed by atoms with van der Waals surface area (Å²) in [6.45, 7) is 0.746. The standard InChI is InChI=1S/C16H14N4/c1-19-10-9-13-14(19)7-8-15-16(13)17-18-20(15)11-12-5-3-2-4-6-12/h2-10H,11H2,1H3. The SMILES string of the molecule is Cn1ccc2c3nnn(Cc4ccccc4)c3ccc21. The van der Waals surface area contributed by atoms with E-state index in [9.17, 15) is 0 Å². The van der Waals surface area contributed by atoms with Gasteiger partial charge >= 0.3 is 0 Å². The quantitative estimate of drug-likeness (QED) is 0.556. The van der Waals surface area contributed by atoms with Crippen LogP contribution in [0.2, 0.25) is 0 Å². The monoisotopic (exact) mass is 262 g/mol. The summed E-state index contributed by atoms with van der Waals surface area (Å²) >= 11 is 0. The Morgan fingerprint density at radius 3 is 2.60 bits per heavy atom. The van der Waals surface area contributed by atoms with Gasteiger partial charge < -0.3 is 4.57 Å². The third kappa shape index (κ3) is 1.61. The van der Waals surface area contributed by atoms with Gasteiger partial charge in [-0.3, -0.25) is 0 Å². The van der Waals surface area contributed by atoms with Gasteiger partial charge in [-0.1, -0.05) is 35.5 Å². The fourth-order valence-corrected chi connectivity index (χ4v) is 2.66. The molecule has 0 bridgehead atoms. The molecule has 98 valence electrons. The van der Waals surface area contributed by atoms with Crippen LogP contribution in [0.15, 0.2) is 54.7 Å². The largest absolute Gasteiger partial charge is 0.350 e. The Kier molecular flexibility index (Phi) is 2.36.